The molecular formula is C24H33N3O4. The average molecular weight is 433 g/mol. The first kappa shape index (κ1) is 17.0. The van der Waals surface area contributed by atoms with Crippen molar-refractivity contribution in [2.75, 3.05) is 58.2 Å². The van der Waals surface area contributed by atoms with Gasteiger partial charge in [0.15, 0.2) is 11.5 Å². The number of para-hydroxylation sites is 3. The third kappa shape index (κ3) is 6.69. The number of amides is 1. The molecule has 3 rings (SSSR count). The Morgan fingerprint density at radius 3 is 2.42 bits per heavy atom. The fourth-order valence-electron chi connectivity index (χ4n) is 3.53. The van der Waals surface area contributed by atoms with Crippen LogP contribution in [-0.2, 0) is 4.79 Å². The number of β-amino-alcohol motifs (C(OH)–C–C–N with tert-alkyl or cyclic N) is 1. The number of anilines is 1. The highest BCUT2D eigenvalue weighted by molar-refractivity contribution is 5.93. The van der Waals surface area contributed by atoms with Gasteiger partial charge >= 0.3 is 0 Å². The van der Waals surface area contributed by atoms with Gasteiger partial charge in [0.05, 0.1) is 20.4 Å². The van der Waals surface area contributed by atoms with Crippen LogP contribution in [0.2, 0.25) is 0 Å². The zero-order valence-electron chi connectivity index (χ0n) is 22.9. The molecule has 0 saturated carbocycles. The molecule has 1 saturated heterocycles. The number of rotatable bonds is 9. The number of aryl methyl sites for hydroxylation is 2. The van der Waals surface area contributed by atoms with Crippen LogP contribution in [0.4, 0.5) is 5.69 Å². The van der Waals surface area contributed by atoms with Crippen LogP contribution in [0.15, 0.2) is 42.5 Å². The van der Waals surface area contributed by atoms with E-state index in [0.29, 0.717) is 31.9 Å². The largest absolute Gasteiger partial charge is 0.493 e. The molecule has 0 aromatic heterocycles. The molecule has 1 aliphatic rings. The van der Waals surface area contributed by atoms with Crippen molar-refractivity contribution in [3.63, 3.8) is 0 Å². The van der Waals surface area contributed by atoms with Crippen molar-refractivity contribution < 1.29 is 26.2 Å². The first-order valence-electron chi connectivity index (χ1n) is 12.8. The highest BCUT2D eigenvalue weighted by Crippen LogP contribution is 2.25. The van der Waals surface area contributed by atoms with E-state index in [1.807, 2.05) is 36.9 Å². The Kier molecular flexibility index (Phi) is 6.11. The Hall–Kier alpha value is -2.61. The zero-order valence-corrected chi connectivity index (χ0v) is 17.9. The Bertz CT molecular complexity index is 1020. The van der Waals surface area contributed by atoms with Gasteiger partial charge < -0.3 is 19.9 Å². The number of hydrogen-bond donors (Lipinski definition) is 2. The van der Waals surface area contributed by atoms with Crippen molar-refractivity contribution in [3.05, 3.63) is 53.6 Å². The smallest absolute Gasteiger partial charge is 0.238 e. The topological polar surface area (TPSA) is 74.3 Å². The van der Waals surface area contributed by atoms with Gasteiger partial charge in [-0.05, 0) is 37.1 Å². The van der Waals surface area contributed by atoms with Crippen LogP contribution in [0.1, 0.15) is 18.0 Å². The molecule has 2 aromatic carbocycles. The number of methoxy groups -OCH3 is 1. The van der Waals surface area contributed by atoms with E-state index in [2.05, 4.69) is 5.32 Å². The van der Waals surface area contributed by atoms with Gasteiger partial charge in [-0.15, -0.1) is 0 Å². The summed E-state index contributed by atoms with van der Waals surface area (Å²) in [4.78, 5) is 16.3. The van der Waals surface area contributed by atoms with Crippen molar-refractivity contribution in [2.45, 2.75) is 20.0 Å². The van der Waals surface area contributed by atoms with Gasteiger partial charge in [0.2, 0.25) is 5.91 Å². The monoisotopic (exact) mass is 432 g/mol. The van der Waals surface area contributed by atoms with Crippen molar-refractivity contribution >= 4 is 11.6 Å². The quantitative estimate of drug-likeness (QED) is 0.634. The molecule has 1 aliphatic heterocycles. The van der Waals surface area contributed by atoms with Crippen LogP contribution >= 0.6 is 0 Å². The predicted molar refractivity (Wildman–Crippen MR) is 122 cm³/mol. The molecule has 1 fully saturated rings. The molecular weight excluding hydrogens is 394 g/mol. The van der Waals surface area contributed by atoms with Gasteiger partial charge in [-0.25, -0.2) is 0 Å². The van der Waals surface area contributed by atoms with E-state index in [-0.39, 0.29) is 24.7 Å². The second-order valence-electron chi connectivity index (χ2n) is 7.63. The highest BCUT2D eigenvalue weighted by atomic mass is 16.5. The molecule has 2 N–H and O–H groups in total. The van der Waals surface area contributed by atoms with Crippen LogP contribution in [0.5, 0.6) is 11.5 Å². The van der Waals surface area contributed by atoms with Crippen molar-refractivity contribution in [1.29, 1.82) is 0 Å². The minimum absolute atomic E-state index is 0.0689. The van der Waals surface area contributed by atoms with E-state index in [0.717, 1.165) is 11.1 Å². The number of benzene rings is 2. The molecule has 1 atom stereocenters. The number of nitrogens with one attached hydrogen (secondary N) is 1. The number of aliphatic hydroxyl groups excluding tert-OH is 1. The number of carbonyl (C=O) groups excluding carboxylic acids is 1. The first-order valence-corrected chi connectivity index (χ1v) is 10.3. The molecule has 1 heterocycles. The Labute approximate surface area is 191 Å². The molecule has 2 aromatic rings. The molecule has 7 nitrogen and oxygen atoms in total. The lowest BCUT2D eigenvalue weighted by Gasteiger charge is -2.35. The summed E-state index contributed by atoms with van der Waals surface area (Å²) in [6.07, 6.45) is -0.860. The highest BCUT2D eigenvalue weighted by Gasteiger charge is 2.21. The molecule has 1 unspecified atom stereocenters. The lowest BCUT2D eigenvalue weighted by Crippen LogP contribution is -2.50. The third-order valence-electron chi connectivity index (χ3n) is 5.21. The fraction of sp³-hybridized carbons (Fsp3) is 0.458. The summed E-state index contributed by atoms with van der Waals surface area (Å²) in [6, 6.07) is 12.0. The van der Waals surface area contributed by atoms with Gasteiger partial charge in [0, 0.05) is 38.4 Å². The minimum atomic E-state index is -2.61. The molecule has 0 radical (unpaired) electrons. The maximum atomic E-state index is 12.8. The second-order valence-corrected chi connectivity index (χ2v) is 7.63. The third-order valence-corrected chi connectivity index (χ3v) is 5.21. The molecule has 31 heavy (non-hydrogen) atoms. The summed E-state index contributed by atoms with van der Waals surface area (Å²) >= 11 is 0. The Morgan fingerprint density at radius 2 is 1.74 bits per heavy atom. The normalized spacial score (nSPS) is 19.3. The van der Waals surface area contributed by atoms with Gasteiger partial charge in [0.25, 0.3) is 0 Å². The van der Waals surface area contributed by atoms with Crippen LogP contribution in [0, 0.1) is 13.8 Å². The van der Waals surface area contributed by atoms with Gasteiger partial charge in [-0.1, -0.05) is 30.3 Å². The summed E-state index contributed by atoms with van der Waals surface area (Å²) < 4.78 is 49.1. The summed E-state index contributed by atoms with van der Waals surface area (Å²) in [6.45, 7) is 3.32. The van der Waals surface area contributed by atoms with Gasteiger partial charge in [-0.2, -0.15) is 0 Å². The second kappa shape index (κ2) is 11.1. The van der Waals surface area contributed by atoms with E-state index >= 15 is 0 Å². The zero-order chi connectivity index (χ0) is 26.5. The fourth-order valence-corrected chi connectivity index (χ4v) is 3.53. The number of carbonyl (C=O) groups is 1. The summed E-state index contributed by atoms with van der Waals surface area (Å²) in [5, 5.41) is 13.2. The number of hydrogen-bond acceptors (Lipinski definition) is 6. The maximum absolute atomic E-state index is 12.8. The number of aliphatic hydroxyl groups is 1. The predicted octanol–water partition coefficient (Wildman–Crippen LogP) is 2.31. The molecule has 0 bridgehead atoms. The molecule has 0 aliphatic carbocycles. The Balaban J connectivity index is 1.49. The van der Waals surface area contributed by atoms with E-state index in [1.165, 1.54) is 11.0 Å². The van der Waals surface area contributed by atoms with E-state index in [1.54, 1.807) is 18.2 Å². The summed E-state index contributed by atoms with van der Waals surface area (Å²) in [7, 11) is -2.61. The maximum Gasteiger partial charge on any atom is 0.238 e. The SMILES string of the molecule is [2H]C([2H])([2H])Oc1ccccc1OCC(O)CN1CCN(C([2H])([2H])C(=O)Nc2c(C)cccc2C)CC1. The van der Waals surface area contributed by atoms with Gasteiger partial charge in [0.1, 0.15) is 12.7 Å². The number of ether oxygens (including phenoxy) is 2. The standard InChI is InChI=1S/C24H33N3O4/c1-18-7-6-8-19(2)24(18)25-23(29)16-27-13-11-26(12-14-27)15-20(28)17-31-22-10-5-4-9-21(22)30-3/h4-10,20,28H,11-17H2,1-3H3,(H,25,29)/i3D3,16D2. The lowest BCUT2D eigenvalue weighted by atomic mass is 10.1. The van der Waals surface area contributed by atoms with E-state index < -0.39 is 25.5 Å². The van der Waals surface area contributed by atoms with Crippen LogP contribution in [0.3, 0.4) is 0 Å². The van der Waals surface area contributed by atoms with Crippen molar-refractivity contribution in [1.82, 2.24) is 9.80 Å². The van der Waals surface area contributed by atoms with E-state index in [4.69, 9.17) is 16.3 Å². The minimum Gasteiger partial charge on any atom is -0.493 e. The van der Waals surface area contributed by atoms with Crippen LogP contribution in [-0.4, -0.2) is 79.8 Å². The van der Waals surface area contributed by atoms with Crippen LogP contribution < -0.4 is 14.8 Å². The number of nitrogens with zero attached hydrogens (tertiary/aromatic N) is 2. The molecule has 7 heteroatoms. The summed E-state index contributed by atoms with van der Waals surface area (Å²) in [5.41, 5.74) is 2.36. The van der Waals surface area contributed by atoms with Crippen LogP contribution in [0.25, 0.3) is 0 Å². The van der Waals surface area contributed by atoms with Gasteiger partial charge in [-0.3, -0.25) is 14.6 Å². The average Bonchev–Trinajstić information content (AvgIpc) is 2.80. The first-order chi connectivity index (χ1) is 16.9. The molecule has 168 valence electrons. The van der Waals surface area contributed by atoms with Crippen molar-refractivity contribution in [2.24, 2.45) is 0 Å². The lowest BCUT2D eigenvalue weighted by molar-refractivity contribution is -0.117. The molecule has 0 spiro atoms. The number of piperazine rings is 1. The van der Waals surface area contributed by atoms with Crippen molar-refractivity contribution in [3.8, 4) is 11.5 Å². The Morgan fingerprint density at radius 1 is 1.10 bits per heavy atom. The summed E-state index contributed by atoms with van der Waals surface area (Å²) in [5.74, 6) is -0.417. The molecule has 1 amide bonds. The van der Waals surface area contributed by atoms with E-state index in [9.17, 15) is 9.90 Å².